The van der Waals surface area contributed by atoms with Crippen LogP contribution in [0.2, 0.25) is 0 Å². The number of hydrogen-bond acceptors (Lipinski definition) is 4. The number of thioether (sulfide) groups is 1. The Kier molecular flexibility index (Phi) is 4.57. The van der Waals surface area contributed by atoms with E-state index in [4.69, 9.17) is 0 Å². The summed E-state index contributed by atoms with van der Waals surface area (Å²) in [5.41, 5.74) is 0.669. The summed E-state index contributed by atoms with van der Waals surface area (Å²) in [6.07, 6.45) is 1.47. The minimum atomic E-state index is -0.647. The lowest BCUT2D eigenvalue weighted by Crippen LogP contribution is -2.33. The molecule has 1 aromatic carbocycles. The van der Waals surface area contributed by atoms with Gasteiger partial charge in [-0.1, -0.05) is 36.0 Å². The fourth-order valence-corrected chi connectivity index (χ4v) is 2.82. The van der Waals surface area contributed by atoms with Gasteiger partial charge in [0.25, 0.3) is 5.24 Å². The van der Waals surface area contributed by atoms with Crippen molar-refractivity contribution in [2.24, 2.45) is 0 Å². The van der Waals surface area contributed by atoms with Gasteiger partial charge in [0.05, 0.1) is 0 Å². The third-order valence-corrected chi connectivity index (χ3v) is 3.82. The Morgan fingerprint density at radius 2 is 2.05 bits per heavy atom. The first-order valence-electron chi connectivity index (χ1n) is 6.09. The summed E-state index contributed by atoms with van der Waals surface area (Å²) in [4.78, 5) is 36.5. The molecule has 0 saturated carbocycles. The van der Waals surface area contributed by atoms with Crippen LogP contribution >= 0.6 is 11.8 Å². The number of hydrogen-bond donors (Lipinski definition) is 1. The fraction of sp³-hybridized carbons (Fsp3) is 0.214. The molecule has 1 atom stereocenters. The predicted molar refractivity (Wildman–Crippen MR) is 78.4 cm³/mol. The molecule has 1 aliphatic heterocycles. The zero-order chi connectivity index (χ0) is 14.5. The molecule has 0 unspecified atom stereocenters. The second-order valence-corrected chi connectivity index (χ2v) is 5.38. The molecule has 1 aromatic rings. The van der Waals surface area contributed by atoms with E-state index in [0.29, 0.717) is 5.69 Å². The monoisotopic (exact) mass is 290 g/mol. The quantitative estimate of drug-likeness (QED) is 0.845. The van der Waals surface area contributed by atoms with Crippen LogP contribution < -0.4 is 5.32 Å². The molecule has 3 amide bonds. The van der Waals surface area contributed by atoms with Gasteiger partial charge < -0.3 is 5.32 Å². The second kappa shape index (κ2) is 6.38. The molecule has 2 rings (SSSR count). The maximum Gasteiger partial charge on any atom is 0.289 e. The Hall–Kier alpha value is -2.08. The summed E-state index contributed by atoms with van der Waals surface area (Å²) in [6, 6.07) is 8.98. The maximum atomic E-state index is 12.0. The minimum Gasteiger partial charge on any atom is -0.326 e. The lowest BCUT2D eigenvalue weighted by Gasteiger charge is -2.11. The average Bonchev–Trinajstić information content (AvgIpc) is 2.68. The number of amides is 3. The number of anilines is 1. The van der Waals surface area contributed by atoms with Crippen LogP contribution in [-0.2, 0) is 9.59 Å². The highest BCUT2D eigenvalue weighted by molar-refractivity contribution is 8.15. The molecule has 6 heteroatoms. The van der Waals surface area contributed by atoms with E-state index in [2.05, 4.69) is 11.9 Å². The van der Waals surface area contributed by atoms with Crippen LogP contribution in [0.25, 0.3) is 0 Å². The second-order valence-electron chi connectivity index (χ2n) is 4.23. The number of benzene rings is 1. The highest BCUT2D eigenvalue weighted by Gasteiger charge is 2.39. The third kappa shape index (κ3) is 3.27. The standard InChI is InChI=1S/C14H14N2O3S/c1-2-8-16-13(18)11(20-14(16)19)9-12(17)15-10-6-4-3-5-7-10/h2-7,11H,1,8-9H2,(H,15,17)/t11-/m0/s1. The number of carbonyl (C=O) groups is 3. The SMILES string of the molecule is C=CCN1C(=O)S[C@@H](CC(=O)Nc2ccccc2)C1=O. The van der Waals surface area contributed by atoms with Gasteiger partial charge in [-0.05, 0) is 12.1 Å². The molecule has 1 heterocycles. The molecule has 0 aromatic heterocycles. The zero-order valence-electron chi connectivity index (χ0n) is 10.7. The number of nitrogens with zero attached hydrogens (tertiary/aromatic N) is 1. The molecule has 5 nitrogen and oxygen atoms in total. The van der Waals surface area contributed by atoms with Crippen LogP contribution in [0.5, 0.6) is 0 Å². The Morgan fingerprint density at radius 3 is 2.70 bits per heavy atom. The van der Waals surface area contributed by atoms with Gasteiger partial charge in [-0.25, -0.2) is 0 Å². The normalized spacial score (nSPS) is 18.2. The zero-order valence-corrected chi connectivity index (χ0v) is 11.6. The molecule has 0 spiro atoms. The van der Waals surface area contributed by atoms with Gasteiger partial charge in [0.15, 0.2) is 0 Å². The molecule has 20 heavy (non-hydrogen) atoms. The predicted octanol–water partition coefficient (Wildman–Crippen LogP) is 2.27. The van der Waals surface area contributed by atoms with Gasteiger partial charge in [0, 0.05) is 18.7 Å². The van der Waals surface area contributed by atoms with Gasteiger partial charge >= 0.3 is 0 Å². The van der Waals surface area contributed by atoms with Crippen molar-refractivity contribution in [3.8, 4) is 0 Å². The lowest BCUT2D eigenvalue weighted by atomic mass is 10.2. The van der Waals surface area contributed by atoms with E-state index < -0.39 is 5.25 Å². The first-order valence-corrected chi connectivity index (χ1v) is 6.97. The molecule has 0 aliphatic carbocycles. The van der Waals surface area contributed by atoms with Crippen LogP contribution in [0.4, 0.5) is 10.5 Å². The Morgan fingerprint density at radius 1 is 1.35 bits per heavy atom. The van der Waals surface area contributed by atoms with Crippen molar-refractivity contribution < 1.29 is 14.4 Å². The van der Waals surface area contributed by atoms with E-state index in [0.717, 1.165) is 16.7 Å². The fourth-order valence-electron chi connectivity index (χ4n) is 1.82. The Balaban J connectivity index is 1.94. The average molecular weight is 290 g/mol. The van der Waals surface area contributed by atoms with E-state index in [1.807, 2.05) is 6.07 Å². The smallest absolute Gasteiger partial charge is 0.289 e. The summed E-state index contributed by atoms with van der Waals surface area (Å²) in [5, 5.41) is 1.72. The van der Waals surface area contributed by atoms with Crippen LogP contribution in [-0.4, -0.2) is 33.7 Å². The van der Waals surface area contributed by atoms with Gasteiger partial charge in [-0.15, -0.1) is 6.58 Å². The third-order valence-electron chi connectivity index (χ3n) is 2.74. The number of rotatable bonds is 5. The van der Waals surface area contributed by atoms with Gasteiger partial charge in [0.1, 0.15) is 5.25 Å². The lowest BCUT2D eigenvalue weighted by molar-refractivity contribution is -0.128. The molecule has 1 N–H and O–H groups in total. The van der Waals surface area contributed by atoms with Crippen molar-refractivity contribution in [1.82, 2.24) is 4.90 Å². The summed E-state index contributed by atoms with van der Waals surface area (Å²) < 4.78 is 0. The van der Waals surface area contributed by atoms with Crippen molar-refractivity contribution in [1.29, 1.82) is 0 Å². The van der Waals surface area contributed by atoms with Crippen LogP contribution in [0, 0.1) is 0 Å². The van der Waals surface area contributed by atoms with E-state index in [9.17, 15) is 14.4 Å². The summed E-state index contributed by atoms with van der Waals surface area (Å²) >= 11 is 0.889. The molecule has 1 aliphatic rings. The minimum absolute atomic E-state index is 0.0161. The molecule has 0 radical (unpaired) electrons. The highest BCUT2D eigenvalue weighted by Crippen LogP contribution is 2.29. The largest absolute Gasteiger partial charge is 0.326 e. The van der Waals surface area contributed by atoms with E-state index >= 15 is 0 Å². The van der Waals surface area contributed by atoms with Crippen LogP contribution in [0.3, 0.4) is 0 Å². The van der Waals surface area contributed by atoms with E-state index in [1.54, 1.807) is 24.3 Å². The van der Waals surface area contributed by atoms with Gasteiger partial charge in [-0.3, -0.25) is 19.3 Å². The first kappa shape index (κ1) is 14.3. The maximum absolute atomic E-state index is 12.0. The van der Waals surface area contributed by atoms with Crippen molar-refractivity contribution >= 4 is 34.5 Å². The van der Waals surface area contributed by atoms with Crippen LogP contribution in [0.1, 0.15) is 6.42 Å². The van der Waals surface area contributed by atoms with Crippen molar-refractivity contribution in [3.05, 3.63) is 43.0 Å². The summed E-state index contributed by atoms with van der Waals surface area (Å²) in [7, 11) is 0. The first-order chi connectivity index (χ1) is 9.61. The molecular formula is C14H14N2O3S. The highest BCUT2D eigenvalue weighted by atomic mass is 32.2. The van der Waals surface area contributed by atoms with Crippen LogP contribution in [0.15, 0.2) is 43.0 Å². The number of imide groups is 1. The van der Waals surface area contributed by atoms with Crippen molar-refractivity contribution in [2.45, 2.75) is 11.7 Å². The van der Waals surface area contributed by atoms with E-state index in [-0.39, 0.29) is 30.0 Å². The summed E-state index contributed by atoms with van der Waals surface area (Å²) in [6.45, 7) is 3.68. The number of nitrogens with one attached hydrogen (secondary N) is 1. The number of para-hydroxylation sites is 1. The molecular weight excluding hydrogens is 276 g/mol. The molecule has 1 fully saturated rings. The van der Waals surface area contributed by atoms with Crippen molar-refractivity contribution in [2.75, 3.05) is 11.9 Å². The molecule has 1 saturated heterocycles. The topological polar surface area (TPSA) is 66.5 Å². The molecule has 104 valence electrons. The van der Waals surface area contributed by atoms with E-state index in [1.165, 1.54) is 6.08 Å². The van der Waals surface area contributed by atoms with Gasteiger partial charge in [0.2, 0.25) is 11.8 Å². The Labute approximate surface area is 121 Å². The Bertz CT molecular complexity index is 545. The summed E-state index contributed by atoms with van der Waals surface area (Å²) in [5.74, 6) is -0.613. The van der Waals surface area contributed by atoms with Gasteiger partial charge in [-0.2, -0.15) is 0 Å². The van der Waals surface area contributed by atoms with Crippen molar-refractivity contribution in [3.63, 3.8) is 0 Å². The molecule has 0 bridgehead atoms. The number of carbonyl (C=O) groups excluding carboxylic acids is 3.